The molecule has 1 atom stereocenters. The Hall–Kier alpha value is -0.770. The molecule has 0 bridgehead atoms. The molecule has 1 aliphatic rings. The lowest BCUT2D eigenvalue weighted by molar-refractivity contribution is 0.863. The van der Waals surface area contributed by atoms with Crippen LogP contribution in [0.2, 0.25) is 0 Å². The van der Waals surface area contributed by atoms with Crippen LogP contribution in [0, 0.1) is 27.7 Å². The predicted molar refractivity (Wildman–Crippen MR) is 95.6 cm³/mol. The van der Waals surface area contributed by atoms with Crippen molar-refractivity contribution in [1.82, 2.24) is 0 Å². The lowest BCUT2D eigenvalue weighted by atomic mass is 9.89. The average Bonchev–Trinajstić information content (AvgIpc) is 2.89. The van der Waals surface area contributed by atoms with E-state index in [0.29, 0.717) is 0 Å². The molecule has 0 fully saturated rings. The molecule has 3 heteroatoms. The highest BCUT2D eigenvalue weighted by atomic mass is 32.2. The van der Waals surface area contributed by atoms with Crippen molar-refractivity contribution in [2.24, 2.45) is 5.73 Å². The van der Waals surface area contributed by atoms with Gasteiger partial charge in [0.2, 0.25) is 0 Å². The summed E-state index contributed by atoms with van der Waals surface area (Å²) < 4.78 is 0. The Kier molecular flexibility index (Phi) is 4.17. The van der Waals surface area contributed by atoms with Gasteiger partial charge in [-0.25, -0.2) is 0 Å². The van der Waals surface area contributed by atoms with E-state index in [1.165, 1.54) is 50.4 Å². The zero-order valence-corrected chi connectivity index (χ0v) is 14.9. The van der Waals surface area contributed by atoms with E-state index >= 15 is 0 Å². The summed E-state index contributed by atoms with van der Waals surface area (Å²) >= 11 is 3.96. The van der Waals surface area contributed by atoms with E-state index in [0.717, 1.165) is 5.75 Å². The molecule has 0 radical (unpaired) electrons. The van der Waals surface area contributed by atoms with E-state index in [2.05, 4.69) is 39.8 Å². The average molecular weight is 318 g/mol. The van der Waals surface area contributed by atoms with Crippen molar-refractivity contribution in [1.29, 1.82) is 0 Å². The fourth-order valence-corrected chi connectivity index (χ4v) is 5.57. The van der Waals surface area contributed by atoms with Gasteiger partial charge < -0.3 is 5.73 Å². The first-order chi connectivity index (χ1) is 9.99. The number of fused-ring (bicyclic) bond motifs is 1. The van der Waals surface area contributed by atoms with E-state index in [1.54, 1.807) is 4.88 Å². The van der Waals surface area contributed by atoms with Crippen LogP contribution in [0.5, 0.6) is 0 Å². The van der Waals surface area contributed by atoms with Crippen LogP contribution in [0.4, 0.5) is 0 Å². The van der Waals surface area contributed by atoms with Crippen LogP contribution in [-0.4, -0.2) is 5.75 Å². The smallest absolute Gasteiger partial charge is 0.0651 e. The number of aryl methyl sites for hydroxylation is 3. The van der Waals surface area contributed by atoms with Crippen molar-refractivity contribution in [2.45, 2.75) is 45.9 Å². The van der Waals surface area contributed by atoms with E-state index < -0.39 is 0 Å². The number of thiophene rings is 1. The number of nitrogens with two attached hydrogens (primary N) is 1. The number of benzene rings is 1. The minimum Gasteiger partial charge on any atom is -0.320 e. The largest absolute Gasteiger partial charge is 0.320 e. The highest BCUT2D eigenvalue weighted by Crippen LogP contribution is 2.38. The van der Waals surface area contributed by atoms with Gasteiger partial charge in [-0.1, -0.05) is 6.07 Å². The third-order valence-corrected chi connectivity index (χ3v) is 7.02. The van der Waals surface area contributed by atoms with E-state index in [-0.39, 0.29) is 6.04 Å². The topological polar surface area (TPSA) is 26.0 Å². The molecular formula is C18H23NS2. The van der Waals surface area contributed by atoms with Gasteiger partial charge in [-0.2, -0.15) is 11.8 Å². The normalized spacial score (nSPS) is 15.9. The van der Waals surface area contributed by atoms with Gasteiger partial charge in [-0.05, 0) is 79.3 Å². The fourth-order valence-electron chi connectivity index (χ4n) is 3.18. The highest BCUT2D eigenvalue weighted by molar-refractivity contribution is 7.98. The molecule has 2 heterocycles. The van der Waals surface area contributed by atoms with Crippen LogP contribution < -0.4 is 5.73 Å². The molecule has 2 N–H and O–H groups in total. The van der Waals surface area contributed by atoms with Gasteiger partial charge in [0, 0.05) is 15.5 Å². The third-order valence-electron chi connectivity index (χ3n) is 4.69. The molecule has 0 spiro atoms. The SMILES string of the molecule is Cc1cc(C)c(C)c(C(N)c2cc3c(s2)CCSC3)c1C. The van der Waals surface area contributed by atoms with Crippen LogP contribution in [0.1, 0.15) is 49.2 Å². The van der Waals surface area contributed by atoms with Gasteiger partial charge in [0.05, 0.1) is 6.04 Å². The van der Waals surface area contributed by atoms with E-state index in [9.17, 15) is 0 Å². The Balaban J connectivity index is 2.06. The summed E-state index contributed by atoms with van der Waals surface area (Å²) in [6.45, 7) is 8.79. The maximum Gasteiger partial charge on any atom is 0.0651 e. The molecule has 112 valence electrons. The van der Waals surface area contributed by atoms with Crippen LogP contribution >= 0.6 is 23.1 Å². The summed E-state index contributed by atoms with van der Waals surface area (Å²) in [5, 5.41) is 0. The summed E-state index contributed by atoms with van der Waals surface area (Å²) in [7, 11) is 0. The molecule has 1 aliphatic heterocycles. The van der Waals surface area contributed by atoms with Gasteiger partial charge >= 0.3 is 0 Å². The fraction of sp³-hybridized carbons (Fsp3) is 0.444. The molecule has 0 saturated heterocycles. The number of hydrogen-bond acceptors (Lipinski definition) is 3. The Morgan fingerprint density at radius 3 is 2.33 bits per heavy atom. The summed E-state index contributed by atoms with van der Waals surface area (Å²) in [5.74, 6) is 2.41. The van der Waals surface area contributed by atoms with Crippen molar-refractivity contribution in [3.8, 4) is 0 Å². The maximum absolute atomic E-state index is 6.67. The molecule has 1 aromatic carbocycles. The molecule has 3 rings (SSSR count). The van der Waals surface area contributed by atoms with E-state index in [1.807, 2.05) is 23.1 Å². The maximum atomic E-state index is 6.67. The minimum absolute atomic E-state index is 0.0178. The van der Waals surface area contributed by atoms with Crippen LogP contribution in [0.15, 0.2) is 12.1 Å². The highest BCUT2D eigenvalue weighted by Gasteiger charge is 2.21. The van der Waals surface area contributed by atoms with Crippen LogP contribution in [-0.2, 0) is 12.2 Å². The first-order valence-corrected chi connectivity index (χ1v) is 9.48. The lowest BCUT2D eigenvalue weighted by Crippen LogP contribution is -2.15. The Morgan fingerprint density at radius 1 is 1.05 bits per heavy atom. The summed E-state index contributed by atoms with van der Waals surface area (Å²) in [4.78, 5) is 2.89. The second-order valence-corrected chi connectivity index (χ2v) is 8.32. The summed E-state index contributed by atoms with van der Waals surface area (Å²) in [6.07, 6.45) is 1.21. The Labute approximate surface area is 136 Å². The lowest BCUT2D eigenvalue weighted by Gasteiger charge is -2.20. The minimum atomic E-state index is 0.0178. The number of rotatable bonds is 2. The second-order valence-electron chi connectivity index (χ2n) is 6.05. The van der Waals surface area contributed by atoms with Crippen LogP contribution in [0.3, 0.4) is 0 Å². The van der Waals surface area contributed by atoms with E-state index in [4.69, 9.17) is 5.73 Å². The molecule has 0 aliphatic carbocycles. The Bertz CT molecular complexity index is 635. The molecule has 1 aromatic heterocycles. The molecule has 1 nitrogen and oxygen atoms in total. The molecule has 0 amide bonds. The molecular weight excluding hydrogens is 294 g/mol. The number of thioether (sulfide) groups is 1. The zero-order valence-electron chi connectivity index (χ0n) is 13.2. The molecule has 0 saturated carbocycles. The molecule has 21 heavy (non-hydrogen) atoms. The second kappa shape index (κ2) is 5.79. The van der Waals surface area contributed by atoms with Gasteiger partial charge in [0.25, 0.3) is 0 Å². The first kappa shape index (κ1) is 15.1. The van der Waals surface area contributed by atoms with Crippen molar-refractivity contribution in [2.75, 3.05) is 5.75 Å². The van der Waals surface area contributed by atoms with Gasteiger partial charge in [0.1, 0.15) is 0 Å². The monoisotopic (exact) mass is 317 g/mol. The van der Waals surface area contributed by atoms with Crippen molar-refractivity contribution < 1.29 is 0 Å². The number of hydrogen-bond donors (Lipinski definition) is 1. The molecule has 1 unspecified atom stereocenters. The molecule has 2 aromatic rings. The van der Waals surface area contributed by atoms with Gasteiger partial charge in [0.15, 0.2) is 0 Å². The Morgan fingerprint density at radius 2 is 1.71 bits per heavy atom. The zero-order chi connectivity index (χ0) is 15.1. The van der Waals surface area contributed by atoms with Crippen molar-refractivity contribution in [3.05, 3.63) is 55.3 Å². The quantitative estimate of drug-likeness (QED) is 0.859. The predicted octanol–water partition coefficient (Wildman–Crippen LogP) is 4.82. The third kappa shape index (κ3) is 2.67. The van der Waals surface area contributed by atoms with Crippen LogP contribution in [0.25, 0.3) is 0 Å². The van der Waals surface area contributed by atoms with Gasteiger partial charge in [-0.3, -0.25) is 0 Å². The van der Waals surface area contributed by atoms with Gasteiger partial charge in [-0.15, -0.1) is 11.3 Å². The van der Waals surface area contributed by atoms with Crippen molar-refractivity contribution >= 4 is 23.1 Å². The first-order valence-electron chi connectivity index (χ1n) is 7.51. The summed E-state index contributed by atoms with van der Waals surface area (Å²) in [6, 6.07) is 4.65. The summed E-state index contributed by atoms with van der Waals surface area (Å²) in [5.41, 5.74) is 14.9. The standard InChI is InChI=1S/C18H23NS2/c1-10-7-11(2)13(4)17(12(10)3)18(19)16-8-14-9-20-6-5-15(14)21-16/h7-8,18H,5-6,9,19H2,1-4H3. The van der Waals surface area contributed by atoms with Crippen molar-refractivity contribution in [3.63, 3.8) is 0 Å².